The zero-order chi connectivity index (χ0) is 13.9. The quantitative estimate of drug-likeness (QED) is 0.854. The minimum atomic E-state index is -1.02. The number of anilines is 1. The van der Waals surface area contributed by atoms with Crippen molar-refractivity contribution in [3.05, 3.63) is 24.3 Å². The van der Waals surface area contributed by atoms with Crippen LogP contribution < -0.4 is 10.1 Å². The minimum absolute atomic E-state index is 0.0398. The molecule has 5 nitrogen and oxygen atoms in total. The summed E-state index contributed by atoms with van der Waals surface area (Å²) in [7, 11) is 0. The van der Waals surface area contributed by atoms with Gasteiger partial charge >= 0.3 is 5.97 Å². The lowest BCUT2D eigenvalue weighted by molar-refractivity contribution is -0.139. The Morgan fingerprint density at radius 2 is 1.95 bits per heavy atom. The van der Waals surface area contributed by atoms with E-state index < -0.39 is 5.97 Å². The molecule has 1 aliphatic carbocycles. The van der Waals surface area contributed by atoms with Gasteiger partial charge in [-0.1, -0.05) is 13.3 Å². The number of carboxylic acid groups (broad SMARTS) is 1. The monoisotopic (exact) mass is 263 g/mol. The molecular weight excluding hydrogens is 246 g/mol. The average Bonchev–Trinajstić information content (AvgIpc) is 2.35. The lowest BCUT2D eigenvalue weighted by atomic mass is 9.70. The molecule has 0 aliphatic heterocycles. The fraction of sp³-hybridized carbons (Fsp3) is 0.429. The van der Waals surface area contributed by atoms with Crippen LogP contribution in [-0.2, 0) is 9.59 Å². The highest BCUT2D eigenvalue weighted by Gasteiger charge is 2.39. The summed E-state index contributed by atoms with van der Waals surface area (Å²) in [6.07, 6.45) is 2.96. The van der Waals surface area contributed by atoms with Crippen molar-refractivity contribution in [2.45, 2.75) is 26.2 Å². The van der Waals surface area contributed by atoms with Crippen LogP contribution in [0.4, 0.5) is 5.69 Å². The van der Waals surface area contributed by atoms with E-state index in [1.54, 1.807) is 24.3 Å². The van der Waals surface area contributed by atoms with E-state index in [4.69, 9.17) is 9.84 Å². The summed E-state index contributed by atoms with van der Waals surface area (Å²) in [6, 6.07) is 6.69. The van der Waals surface area contributed by atoms with Gasteiger partial charge in [0.25, 0.3) is 0 Å². The number of carbonyl (C=O) groups is 2. The molecule has 5 heteroatoms. The Morgan fingerprint density at radius 3 is 2.42 bits per heavy atom. The maximum Gasteiger partial charge on any atom is 0.341 e. The van der Waals surface area contributed by atoms with Crippen LogP contribution in [0.15, 0.2) is 24.3 Å². The third-order valence-corrected chi connectivity index (χ3v) is 3.48. The Morgan fingerprint density at radius 1 is 1.32 bits per heavy atom. The van der Waals surface area contributed by atoms with Crippen molar-refractivity contribution in [2.24, 2.45) is 5.41 Å². The maximum absolute atomic E-state index is 12.0. The Balaban J connectivity index is 1.91. The summed E-state index contributed by atoms with van der Waals surface area (Å²) >= 11 is 0. The van der Waals surface area contributed by atoms with E-state index in [9.17, 15) is 9.59 Å². The zero-order valence-corrected chi connectivity index (χ0v) is 10.8. The summed E-state index contributed by atoms with van der Waals surface area (Å²) in [6.45, 7) is 1.60. The zero-order valence-electron chi connectivity index (χ0n) is 10.8. The van der Waals surface area contributed by atoms with Gasteiger partial charge in [0.2, 0.25) is 5.91 Å². The molecule has 1 aliphatic rings. The number of amides is 1. The van der Waals surface area contributed by atoms with Gasteiger partial charge in [-0.25, -0.2) is 4.79 Å². The fourth-order valence-corrected chi connectivity index (χ4v) is 2.00. The molecule has 0 radical (unpaired) electrons. The van der Waals surface area contributed by atoms with Gasteiger partial charge in [-0.15, -0.1) is 0 Å². The first-order valence-electron chi connectivity index (χ1n) is 6.26. The van der Waals surface area contributed by atoms with Crippen LogP contribution in [-0.4, -0.2) is 23.6 Å². The standard InChI is InChI=1S/C14H17NO4/c1-14(7-2-8-14)13(18)15-10-3-5-11(6-4-10)19-9-12(16)17/h3-6H,2,7-9H2,1H3,(H,15,18)(H,16,17). The third kappa shape index (κ3) is 3.24. The molecule has 1 saturated carbocycles. The average molecular weight is 263 g/mol. The van der Waals surface area contributed by atoms with E-state index in [0.717, 1.165) is 19.3 Å². The van der Waals surface area contributed by atoms with Gasteiger partial charge in [0.05, 0.1) is 0 Å². The Hall–Kier alpha value is -2.04. The summed E-state index contributed by atoms with van der Waals surface area (Å²) in [5.74, 6) is -0.511. The van der Waals surface area contributed by atoms with Crippen molar-refractivity contribution in [3.63, 3.8) is 0 Å². The van der Waals surface area contributed by atoms with Crippen molar-refractivity contribution in [1.29, 1.82) is 0 Å². The van der Waals surface area contributed by atoms with E-state index in [1.165, 1.54) is 0 Å². The molecule has 19 heavy (non-hydrogen) atoms. The molecule has 0 bridgehead atoms. The summed E-state index contributed by atoms with van der Waals surface area (Å²) in [5, 5.41) is 11.4. The number of rotatable bonds is 5. The predicted molar refractivity (Wildman–Crippen MR) is 70.2 cm³/mol. The Labute approximate surface area is 111 Å². The number of carbonyl (C=O) groups excluding carboxylic acids is 1. The van der Waals surface area contributed by atoms with Gasteiger partial charge in [-0.05, 0) is 37.1 Å². The number of hydrogen-bond donors (Lipinski definition) is 2. The van der Waals surface area contributed by atoms with Crippen LogP contribution in [0, 0.1) is 5.41 Å². The van der Waals surface area contributed by atoms with Crippen molar-refractivity contribution >= 4 is 17.6 Å². The molecule has 0 aromatic heterocycles. The number of ether oxygens (including phenoxy) is 1. The highest BCUT2D eigenvalue weighted by atomic mass is 16.5. The van der Waals surface area contributed by atoms with E-state index in [2.05, 4.69) is 5.32 Å². The molecule has 1 amide bonds. The topological polar surface area (TPSA) is 75.6 Å². The largest absolute Gasteiger partial charge is 0.482 e. The Kier molecular flexibility index (Phi) is 3.74. The summed E-state index contributed by atoms with van der Waals surface area (Å²) in [5.41, 5.74) is 0.458. The summed E-state index contributed by atoms with van der Waals surface area (Å²) in [4.78, 5) is 22.3. The first kappa shape index (κ1) is 13.4. The Bertz CT molecular complexity index is 477. The van der Waals surface area contributed by atoms with Crippen LogP contribution in [0.5, 0.6) is 5.75 Å². The van der Waals surface area contributed by atoms with Crippen LogP contribution >= 0.6 is 0 Å². The van der Waals surface area contributed by atoms with Crippen LogP contribution in [0.25, 0.3) is 0 Å². The van der Waals surface area contributed by atoms with Gasteiger partial charge in [-0.3, -0.25) is 4.79 Å². The van der Waals surface area contributed by atoms with Crippen molar-refractivity contribution in [2.75, 3.05) is 11.9 Å². The van der Waals surface area contributed by atoms with E-state index in [-0.39, 0.29) is 17.9 Å². The highest BCUT2D eigenvalue weighted by molar-refractivity contribution is 5.95. The molecule has 0 atom stereocenters. The molecule has 1 aromatic rings. The number of aliphatic carboxylic acids is 1. The van der Waals surface area contributed by atoms with Gasteiger partial charge in [-0.2, -0.15) is 0 Å². The SMILES string of the molecule is CC1(C(=O)Nc2ccc(OCC(=O)O)cc2)CCC1. The van der Waals surface area contributed by atoms with Crippen molar-refractivity contribution in [1.82, 2.24) is 0 Å². The maximum atomic E-state index is 12.0. The normalized spacial score (nSPS) is 16.3. The van der Waals surface area contributed by atoms with Crippen molar-refractivity contribution < 1.29 is 19.4 Å². The molecule has 0 unspecified atom stereocenters. The highest BCUT2D eigenvalue weighted by Crippen LogP contribution is 2.41. The smallest absolute Gasteiger partial charge is 0.341 e. The molecule has 2 N–H and O–H groups in total. The molecule has 2 rings (SSSR count). The molecule has 102 valence electrons. The van der Waals surface area contributed by atoms with E-state index >= 15 is 0 Å². The lowest BCUT2D eigenvalue weighted by Gasteiger charge is -2.36. The van der Waals surface area contributed by atoms with Crippen LogP contribution in [0.2, 0.25) is 0 Å². The molecule has 0 spiro atoms. The predicted octanol–water partition coefficient (Wildman–Crippen LogP) is 2.28. The lowest BCUT2D eigenvalue weighted by Crippen LogP contribution is -2.39. The molecule has 0 heterocycles. The number of benzene rings is 1. The van der Waals surface area contributed by atoms with Gasteiger partial charge < -0.3 is 15.2 Å². The second kappa shape index (κ2) is 5.30. The van der Waals surface area contributed by atoms with Gasteiger partial charge in [0, 0.05) is 11.1 Å². The molecular formula is C14H17NO4. The minimum Gasteiger partial charge on any atom is -0.482 e. The third-order valence-electron chi connectivity index (χ3n) is 3.48. The van der Waals surface area contributed by atoms with Crippen LogP contribution in [0.1, 0.15) is 26.2 Å². The second-order valence-electron chi connectivity index (χ2n) is 5.08. The molecule has 1 aromatic carbocycles. The molecule has 0 saturated heterocycles. The van der Waals surface area contributed by atoms with Gasteiger partial charge in [0.15, 0.2) is 6.61 Å². The van der Waals surface area contributed by atoms with E-state index in [1.807, 2.05) is 6.92 Å². The van der Waals surface area contributed by atoms with Crippen LogP contribution in [0.3, 0.4) is 0 Å². The first-order valence-corrected chi connectivity index (χ1v) is 6.26. The second-order valence-corrected chi connectivity index (χ2v) is 5.08. The van der Waals surface area contributed by atoms with Crippen molar-refractivity contribution in [3.8, 4) is 5.75 Å². The molecule has 1 fully saturated rings. The first-order chi connectivity index (χ1) is 8.99. The number of carboxylic acids is 1. The number of hydrogen-bond acceptors (Lipinski definition) is 3. The fourth-order valence-electron chi connectivity index (χ4n) is 2.00. The number of nitrogens with one attached hydrogen (secondary N) is 1. The van der Waals surface area contributed by atoms with Gasteiger partial charge in [0.1, 0.15) is 5.75 Å². The summed E-state index contributed by atoms with van der Waals surface area (Å²) < 4.78 is 5.01. The van der Waals surface area contributed by atoms with E-state index in [0.29, 0.717) is 11.4 Å².